The first kappa shape index (κ1) is 6.58. The Bertz CT molecular complexity index is 255. The molecule has 0 amide bonds. The van der Waals surface area contributed by atoms with E-state index >= 15 is 0 Å². The third kappa shape index (κ3) is 1.18. The van der Waals surface area contributed by atoms with Crippen LogP contribution < -0.4 is 5.32 Å². The van der Waals surface area contributed by atoms with Gasteiger partial charge in [0.1, 0.15) is 0 Å². The number of anilines is 1. The van der Waals surface area contributed by atoms with Crippen molar-refractivity contribution in [3.63, 3.8) is 0 Å². The highest BCUT2D eigenvalue weighted by Gasteiger charge is 2.26. The Labute approximate surface area is 65.8 Å². The summed E-state index contributed by atoms with van der Waals surface area (Å²) in [5.41, 5.74) is 1.32. The quantitative estimate of drug-likeness (QED) is 0.690. The maximum Gasteiger partial charge on any atom is 0.151 e. The zero-order valence-corrected chi connectivity index (χ0v) is 6.54. The molecule has 1 saturated carbocycles. The molecule has 2 rings (SSSR count). The number of aromatic nitrogens is 2. The molecular weight excluding hydrogens is 138 g/mol. The molecule has 11 heavy (non-hydrogen) atoms. The van der Waals surface area contributed by atoms with Gasteiger partial charge in [-0.2, -0.15) is 5.10 Å². The molecule has 1 fully saturated rings. The third-order valence-corrected chi connectivity index (χ3v) is 2.01. The Balaban J connectivity index is 2.34. The normalized spacial score (nSPS) is 16.5. The van der Waals surface area contributed by atoms with Gasteiger partial charge in [0.15, 0.2) is 5.82 Å². The Morgan fingerprint density at radius 2 is 2.36 bits per heavy atom. The van der Waals surface area contributed by atoms with Crippen LogP contribution in [0, 0.1) is 0 Å². The van der Waals surface area contributed by atoms with Crippen molar-refractivity contribution in [3.05, 3.63) is 17.8 Å². The Hall–Kier alpha value is -1.12. The van der Waals surface area contributed by atoms with E-state index in [2.05, 4.69) is 21.6 Å². The van der Waals surface area contributed by atoms with E-state index in [-0.39, 0.29) is 0 Å². The molecule has 1 aliphatic rings. The summed E-state index contributed by atoms with van der Waals surface area (Å²) in [6, 6.07) is 2.05. The summed E-state index contributed by atoms with van der Waals surface area (Å²) in [6.45, 7) is 0. The fourth-order valence-electron chi connectivity index (χ4n) is 1.26. The lowest BCUT2D eigenvalue weighted by molar-refractivity contribution is 0.980. The van der Waals surface area contributed by atoms with E-state index in [1.165, 1.54) is 18.4 Å². The highest BCUT2D eigenvalue weighted by atomic mass is 15.2. The Morgan fingerprint density at radius 3 is 3.00 bits per heavy atom. The summed E-state index contributed by atoms with van der Waals surface area (Å²) in [5.74, 6) is 1.68. The van der Waals surface area contributed by atoms with Gasteiger partial charge in [-0.15, -0.1) is 5.10 Å². The average Bonchev–Trinajstić information content (AvgIpc) is 2.87. The minimum absolute atomic E-state index is 0.743. The second-order valence-electron chi connectivity index (χ2n) is 2.86. The Morgan fingerprint density at radius 1 is 1.55 bits per heavy atom. The monoisotopic (exact) mass is 149 g/mol. The molecule has 3 heteroatoms. The average molecular weight is 149 g/mol. The van der Waals surface area contributed by atoms with E-state index in [9.17, 15) is 0 Å². The maximum atomic E-state index is 4.00. The lowest BCUT2D eigenvalue weighted by Gasteiger charge is -2.03. The zero-order chi connectivity index (χ0) is 7.68. The minimum atomic E-state index is 0.743. The second kappa shape index (κ2) is 2.49. The van der Waals surface area contributed by atoms with Gasteiger partial charge in [0.25, 0.3) is 0 Å². The van der Waals surface area contributed by atoms with Crippen molar-refractivity contribution in [2.45, 2.75) is 18.8 Å². The molecule has 0 atom stereocenters. The standard InChI is InChI=1S/C8H11N3/c1-9-8-7(6-2-3-6)4-5-10-11-8/h4-6H,2-3H2,1H3,(H,9,11). The van der Waals surface area contributed by atoms with Crippen molar-refractivity contribution >= 4 is 5.82 Å². The first-order valence-electron chi connectivity index (χ1n) is 3.91. The van der Waals surface area contributed by atoms with Crippen LogP contribution in [0.2, 0.25) is 0 Å². The summed E-state index contributed by atoms with van der Waals surface area (Å²) < 4.78 is 0. The molecule has 1 aliphatic carbocycles. The van der Waals surface area contributed by atoms with E-state index < -0.39 is 0 Å². The van der Waals surface area contributed by atoms with Gasteiger partial charge in [-0.05, 0) is 24.8 Å². The molecule has 0 radical (unpaired) electrons. The van der Waals surface area contributed by atoms with Crippen LogP contribution in [0.5, 0.6) is 0 Å². The largest absolute Gasteiger partial charge is 0.371 e. The van der Waals surface area contributed by atoms with Crippen molar-refractivity contribution in [2.24, 2.45) is 0 Å². The molecule has 0 spiro atoms. The molecule has 1 heterocycles. The van der Waals surface area contributed by atoms with Crippen molar-refractivity contribution in [3.8, 4) is 0 Å². The van der Waals surface area contributed by atoms with Gasteiger partial charge in [-0.25, -0.2) is 0 Å². The molecule has 1 aromatic heterocycles. The smallest absolute Gasteiger partial charge is 0.151 e. The predicted octanol–water partition coefficient (Wildman–Crippen LogP) is 1.40. The molecule has 0 aliphatic heterocycles. The van der Waals surface area contributed by atoms with Gasteiger partial charge in [0.2, 0.25) is 0 Å². The lowest BCUT2D eigenvalue weighted by atomic mass is 10.2. The van der Waals surface area contributed by atoms with E-state index in [0.717, 1.165) is 11.7 Å². The number of rotatable bonds is 2. The van der Waals surface area contributed by atoms with Crippen LogP contribution in [0.3, 0.4) is 0 Å². The lowest BCUT2D eigenvalue weighted by Crippen LogP contribution is -1.98. The van der Waals surface area contributed by atoms with Crippen LogP contribution in [0.4, 0.5) is 5.82 Å². The highest BCUT2D eigenvalue weighted by molar-refractivity contribution is 5.45. The molecule has 0 unspecified atom stereocenters. The molecule has 0 aromatic carbocycles. The van der Waals surface area contributed by atoms with Gasteiger partial charge in [0.05, 0.1) is 6.20 Å². The SMILES string of the molecule is CNc1nnccc1C1CC1. The van der Waals surface area contributed by atoms with Crippen molar-refractivity contribution in [1.29, 1.82) is 0 Å². The summed E-state index contributed by atoms with van der Waals surface area (Å²) in [7, 11) is 1.88. The van der Waals surface area contributed by atoms with E-state index in [1.807, 2.05) is 7.05 Å². The first-order chi connectivity index (χ1) is 5.42. The van der Waals surface area contributed by atoms with Gasteiger partial charge >= 0.3 is 0 Å². The fourth-order valence-corrected chi connectivity index (χ4v) is 1.26. The molecular formula is C8H11N3. The van der Waals surface area contributed by atoms with Crippen molar-refractivity contribution in [1.82, 2.24) is 10.2 Å². The van der Waals surface area contributed by atoms with Gasteiger partial charge in [0, 0.05) is 12.6 Å². The van der Waals surface area contributed by atoms with E-state index in [1.54, 1.807) is 6.20 Å². The number of nitrogens with one attached hydrogen (secondary N) is 1. The molecule has 1 N–H and O–H groups in total. The molecule has 0 saturated heterocycles. The van der Waals surface area contributed by atoms with Crippen LogP contribution in [0.15, 0.2) is 12.3 Å². The van der Waals surface area contributed by atoms with E-state index in [0.29, 0.717) is 0 Å². The summed E-state index contributed by atoms with van der Waals surface area (Å²) in [6.07, 6.45) is 4.37. The van der Waals surface area contributed by atoms with Crippen LogP contribution in [0.1, 0.15) is 24.3 Å². The number of hydrogen-bond donors (Lipinski definition) is 1. The molecule has 3 nitrogen and oxygen atoms in total. The molecule has 58 valence electrons. The van der Waals surface area contributed by atoms with E-state index in [4.69, 9.17) is 0 Å². The topological polar surface area (TPSA) is 37.8 Å². The van der Waals surface area contributed by atoms with Crippen molar-refractivity contribution < 1.29 is 0 Å². The first-order valence-corrected chi connectivity index (χ1v) is 3.91. The summed E-state index contributed by atoms with van der Waals surface area (Å²) in [5, 5.41) is 10.9. The Kier molecular flexibility index (Phi) is 1.49. The zero-order valence-electron chi connectivity index (χ0n) is 6.54. The van der Waals surface area contributed by atoms with Gasteiger partial charge in [-0.1, -0.05) is 0 Å². The van der Waals surface area contributed by atoms with Crippen molar-refractivity contribution in [2.75, 3.05) is 12.4 Å². The third-order valence-electron chi connectivity index (χ3n) is 2.01. The number of hydrogen-bond acceptors (Lipinski definition) is 3. The maximum absolute atomic E-state index is 4.00. The van der Waals surface area contributed by atoms with Crippen LogP contribution in [-0.4, -0.2) is 17.2 Å². The predicted molar refractivity (Wildman–Crippen MR) is 43.6 cm³/mol. The molecule has 1 aromatic rings. The summed E-state index contributed by atoms with van der Waals surface area (Å²) >= 11 is 0. The minimum Gasteiger partial charge on any atom is -0.371 e. The van der Waals surface area contributed by atoms with Gasteiger partial charge < -0.3 is 5.32 Å². The van der Waals surface area contributed by atoms with Crippen LogP contribution >= 0.6 is 0 Å². The summed E-state index contributed by atoms with van der Waals surface area (Å²) in [4.78, 5) is 0. The highest BCUT2D eigenvalue weighted by Crippen LogP contribution is 2.42. The number of nitrogens with zero attached hydrogens (tertiary/aromatic N) is 2. The molecule has 0 bridgehead atoms. The van der Waals surface area contributed by atoms with Crippen LogP contribution in [0.25, 0.3) is 0 Å². The second-order valence-corrected chi connectivity index (χ2v) is 2.86. The fraction of sp³-hybridized carbons (Fsp3) is 0.500. The van der Waals surface area contributed by atoms with Gasteiger partial charge in [-0.3, -0.25) is 0 Å². The van der Waals surface area contributed by atoms with Crippen LogP contribution in [-0.2, 0) is 0 Å².